The molecule has 1 aliphatic carbocycles. The summed E-state index contributed by atoms with van der Waals surface area (Å²) >= 11 is 0. The highest BCUT2D eigenvalue weighted by Gasteiger charge is 2.28. The Labute approximate surface area is 161 Å². The second-order valence-electron chi connectivity index (χ2n) is 6.97. The van der Waals surface area contributed by atoms with Crippen LogP contribution < -0.4 is 10.9 Å². The van der Waals surface area contributed by atoms with E-state index in [2.05, 4.69) is 10.4 Å². The highest BCUT2D eigenvalue weighted by molar-refractivity contribution is 5.98. The van der Waals surface area contributed by atoms with E-state index in [0.717, 1.165) is 37.7 Å². The van der Waals surface area contributed by atoms with Gasteiger partial charge in [0, 0.05) is 5.92 Å². The lowest BCUT2D eigenvalue weighted by Crippen LogP contribution is -2.37. The van der Waals surface area contributed by atoms with Gasteiger partial charge in [-0.2, -0.15) is 5.10 Å². The predicted molar refractivity (Wildman–Crippen MR) is 102 cm³/mol. The van der Waals surface area contributed by atoms with E-state index in [1.165, 1.54) is 4.68 Å². The van der Waals surface area contributed by atoms with Crippen LogP contribution in [-0.4, -0.2) is 38.4 Å². The molecule has 0 aliphatic heterocycles. The molecule has 0 unspecified atom stereocenters. The summed E-state index contributed by atoms with van der Waals surface area (Å²) in [5.41, 5.74) is -0.0402. The highest BCUT2D eigenvalue weighted by atomic mass is 16.4. The largest absolute Gasteiger partial charge is 0.505 e. The zero-order valence-electron chi connectivity index (χ0n) is 15.4. The summed E-state index contributed by atoms with van der Waals surface area (Å²) in [5.74, 6) is -2.63. The number of hydrogen-bond acceptors (Lipinski definition) is 5. The minimum absolute atomic E-state index is 0.0394. The Kier molecular flexibility index (Phi) is 6.08. The Morgan fingerprint density at radius 2 is 1.82 bits per heavy atom. The van der Waals surface area contributed by atoms with Crippen molar-refractivity contribution < 1.29 is 19.8 Å². The topological polar surface area (TPSA) is 122 Å². The van der Waals surface area contributed by atoms with Crippen LogP contribution in [0.15, 0.2) is 35.1 Å². The fourth-order valence-corrected chi connectivity index (χ4v) is 3.54. The summed E-state index contributed by atoms with van der Waals surface area (Å²) in [5, 5.41) is 26.0. The van der Waals surface area contributed by atoms with Crippen LogP contribution in [0.1, 0.15) is 59.6 Å². The van der Waals surface area contributed by atoms with Gasteiger partial charge in [0.25, 0.3) is 11.5 Å². The molecule has 1 amide bonds. The van der Waals surface area contributed by atoms with E-state index in [1.54, 1.807) is 0 Å². The molecule has 8 heteroatoms. The van der Waals surface area contributed by atoms with Gasteiger partial charge in [-0.1, -0.05) is 49.6 Å². The molecule has 0 bridgehead atoms. The van der Waals surface area contributed by atoms with E-state index in [9.17, 15) is 19.5 Å². The number of aromatic hydroxyl groups is 1. The number of benzene rings is 1. The normalized spacial score (nSPS) is 14.6. The third-order valence-electron chi connectivity index (χ3n) is 4.95. The molecule has 1 fully saturated rings. The van der Waals surface area contributed by atoms with Crippen molar-refractivity contribution in [2.45, 2.75) is 44.6 Å². The van der Waals surface area contributed by atoms with Crippen LogP contribution in [0.3, 0.4) is 0 Å². The summed E-state index contributed by atoms with van der Waals surface area (Å²) < 4.78 is 1.18. The number of amides is 1. The van der Waals surface area contributed by atoms with Gasteiger partial charge in [0.2, 0.25) is 0 Å². The number of carboxylic acid groups (broad SMARTS) is 1. The molecular formula is C20H23N3O5. The maximum Gasteiger partial charge on any atom is 0.322 e. The first-order chi connectivity index (χ1) is 13.5. The molecule has 1 heterocycles. The molecule has 3 rings (SSSR count). The predicted octanol–water partition coefficient (Wildman–Crippen LogP) is 1.86. The van der Waals surface area contributed by atoms with Crippen molar-refractivity contribution in [3.8, 4) is 5.75 Å². The summed E-state index contributed by atoms with van der Waals surface area (Å²) in [6.07, 6.45) is 4.72. The average Bonchev–Trinajstić information content (AvgIpc) is 2.70. The van der Waals surface area contributed by atoms with Crippen molar-refractivity contribution in [3.05, 3.63) is 57.5 Å². The number of nitrogens with zero attached hydrogens (tertiary/aromatic N) is 2. The number of carbonyl (C=O) groups is 2. The fraction of sp³-hybridized carbons (Fsp3) is 0.400. The molecule has 1 aromatic carbocycles. The second kappa shape index (κ2) is 8.69. The average molecular weight is 385 g/mol. The Hall–Kier alpha value is -3.16. The van der Waals surface area contributed by atoms with Crippen molar-refractivity contribution in [2.24, 2.45) is 0 Å². The zero-order chi connectivity index (χ0) is 20.1. The van der Waals surface area contributed by atoms with Gasteiger partial charge in [0.05, 0.1) is 6.54 Å². The maximum absolute atomic E-state index is 12.8. The summed E-state index contributed by atoms with van der Waals surface area (Å²) in [4.78, 5) is 36.1. The highest BCUT2D eigenvalue weighted by Crippen LogP contribution is 2.36. The van der Waals surface area contributed by atoms with Crippen molar-refractivity contribution in [1.29, 1.82) is 0 Å². The molecule has 28 heavy (non-hydrogen) atoms. The molecule has 1 aliphatic rings. The lowest BCUT2D eigenvalue weighted by Gasteiger charge is -2.23. The Morgan fingerprint density at radius 3 is 2.46 bits per heavy atom. The number of hydrogen-bond donors (Lipinski definition) is 3. The van der Waals surface area contributed by atoms with Gasteiger partial charge >= 0.3 is 5.97 Å². The van der Waals surface area contributed by atoms with Crippen LogP contribution in [-0.2, 0) is 11.3 Å². The van der Waals surface area contributed by atoms with Gasteiger partial charge in [-0.15, -0.1) is 0 Å². The van der Waals surface area contributed by atoms with Gasteiger partial charge in [-0.3, -0.25) is 14.4 Å². The third-order valence-corrected chi connectivity index (χ3v) is 4.95. The van der Waals surface area contributed by atoms with Gasteiger partial charge < -0.3 is 15.5 Å². The van der Waals surface area contributed by atoms with Gasteiger partial charge in [-0.25, -0.2) is 4.68 Å². The lowest BCUT2D eigenvalue weighted by atomic mass is 9.86. The smallest absolute Gasteiger partial charge is 0.322 e. The molecule has 0 radical (unpaired) electrons. The van der Waals surface area contributed by atoms with E-state index >= 15 is 0 Å². The summed E-state index contributed by atoms with van der Waals surface area (Å²) in [7, 11) is 0. The van der Waals surface area contributed by atoms with Crippen molar-refractivity contribution >= 4 is 11.9 Å². The van der Waals surface area contributed by atoms with E-state index in [-0.39, 0.29) is 12.5 Å². The molecular weight excluding hydrogens is 362 g/mol. The van der Waals surface area contributed by atoms with Crippen molar-refractivity contribution in [2.75, 3.05) is 6.54 Å². The quantitative estimate of drug-likeness (QED) is 0.698. The first-order valence-corrected chi connectivity index (χ1v) is 9.35. The van der Waals surface area contributed by atoms with Crippen molar-refractivity contribution in [3.63, 3.8) is 0 Å². The maximum atomic E-state index is 12.8. The molecule has 2 aromatic rings. The Bertz CT molecular complexity index is 917. The van der Waals surface area contributed by atoms with Crippen LogP contribution in [0.5, 0.6) is 5.75 Å². The van der Waals surface area contributed by atoms with E-state index in [1.807, 2.05) is 30.3 Å². The van der Waals surface area contributed by atoms with E-state index in [4.69, 9.17) is 5.11 Å². The van der Waals surface area contributed by atoms with Gasteiger partial charge in [0.15, 0.2) is 5.75 Å². The van der Waals surface area contributed by atoms with Crippen LogP contribution in [0.4, 0.5) is 0 Å². The molecule has 0 saturated heterocycles. The first kappa shape index (κ1) is 19.6. The van der Waals surface area contributed by atoms with Crippen LogP contribution in [0.2, 0.25) is 0 Å². The minimum Gasteiger partial charge on any atom is -0.505 e. The number of carbonyl (C=O) groups excluding carboxylic acids is 1. The SMILES string of the molecule is O=C(O)CNC(=O)c1c(O)c(C2CCCCC2)nn(Cc2ccccc2)c1=O. The number of rotatable bonds is 6. The number of nitrogens with one attached hydrogen (secondary N) is 1. The minimum atomic E-state index is -1.24. The van der Waals surface area contributed by atoms with Crippen molar-refractivity contribution in [1.82, 2.24) is 15.1 Å². The Balaban J connectivity index is 2.05. The molecule has 1 aromatic heterocycles. The molecule has 3 N–H and O–H groups in total. The number of aliphatic carboxylic acids is 1. The van der Waals surface area contributed by atoms with E-state index in [0.29, 0.717) is 5.69 Å². The number of aromatic nitrogens is 2. The lowest BCUT2D eigenvalue weighted by molar-refractivity contribution is -0.135. The van der Waals surface area contributed by atoms with Gasteiger partial charge in [0.1, 0.15) is 17.8 Å². The monoisotopic (exact) mass is 385 g/mol. The summed E-state index contributed by atoms with van der Waals surface area (Å²) in [6.45, 7) is -0.490. The first-order valence-electron chi connectivity index (χ1n) is 9.35. The van der Waals surface area contributed by atoms with Crippen LogP contribution in [0.25, 0.3) is 0 Å². The van der Waals surface area contributed by atoms with E-state index < -0.39 is 35.3 Å². The van der Waals surface area contributed by atoms with Crippen LogP contribution in [0, 0.1) is 0 Å². The zero-order valence-corrected chi connectivity index (χ0v) is 15.4. The fourth-order valence-electron chi connectivity index (χ4n) is 3.54. The molecule has 0 atom stereocenters. The molecule has 0 spiro atoms. The standard InChI is InChI=1S/C20H23N3O5/c24-15(25)11-21-19(27)16-18(26)17(14-9-5-2-6-10-14)22-23(20(16)28)12-13-7-3-1-4-8-13/h1,3-4,7-8,14,26H,2,5-6,9-12H2,(H,21,27)(H,24,25). The number of carboxylic acids is 1. The molecule has 148 valence electrons. The second-order valence-corrected chi connectivity index (χ2v) is 6.97. The Morgan fingerprint density at radius 1 is 1.14 bits per heavy atom. The molecule has 1 saturated carbocycles. The summed E-state index contributed by atoms with van der Waals surface area (Å²) in [6, 6.07) is 9.21. The molecule has 8 nitrogen and oxygen atoms in total. The third kappa shape index (κ3) is 4.39. The van der Waals surface area contributed by atoms with Crippen LogP contribution >= 0.6 is 0 Å². The van der Waals surface area contributed by atoms with Gasteiger partial charge in [-0.05, 0) is 18.4 Å².